The number of aromatic hydroxyl groups is 1. The van der Waals surface area contributed by atoms with Crippen LogP contribution < -0.4 is 16.0 Å². The Morgan fingerprint density at radius 1 is 1.28 bits per heavy atom. The van der Waals surface area contributed by atoms with Crippen molar-refractivity contribution in [3.63, 3.8) is 0 Å². The quantitative estimate of drug-likeness (QED) is 0.383. The van der Waals surface area contributed by atoms with Gasteiger partial charge in [0.2, 0.25) is 0 Å². The number of amides is 1. The molecule has 134 valence electrons. The van der Waals surface area contributed by atoms with E-state index < -0.39 is 5.91 Å². The summed E-state index contributed by atoms with van der Waals surface area (Å²) in [6.07, 6.45) is 3.23. The van der Waals surface area contributed by atoms with Gasteiger partial charge in [-0.15, -0.1) is 0 Å². The van der Waals surface area contributed by atoms with Crippen molar-refractivity contribution in [2.45, 2.75) is 57.7 Å². The van der Waals surface area contributed by atoms with Crippen molar-refractivity contribution in [1.82, 2.24) is 10.6 Å². The van der Waals surface area contributed by atoms with Gasteiger partial charge < -0.3 is 21.1 Å². The fourth-order valence-electron chi connectivity index (χ4n) is 3.56. The molecule has 0 bridgehead atoms. The number of anilines is 1. The molecule has 2 rings (SSSR count). The van der Waals surface area contributed by atoms with Gasteiger partial charge in [0, 0.05) is 23.3 Å². The third-order valence-corrected chi connectivity index (χ3v) is 4.17. The summed E-state index contributed by atoms with van der Waals surface area (Å²) in [5.74, 6) is -0.591. The molecule has 0 unspecified atom stereocenters. The minimum Gasteiger partial charge on any atom is -0.506 e. The van der Waals surface area contributed by atoms with Gasteiger partial charge in [0.25, 0.3) is 5.91 Å². The summed E-state index contributed by atoms with van der Waals surface area (Å²) < 4.78 is 0. The van der Waals surface area contributed by atoms with E-state index >= 15 is 0 Å². The number of piperidine rings is 1. The molecule has 1 aromatic rings. The zero-order valence-corrected chi connectivity index (χ0v) is 15.2. The average Bonchev–Trinajstić information content (AvgIpc) is 2.47. The van der Waals surface area contributed by atoms with Gasteiger partial charge >= 0.3 is 0 Å². The molecule has 0 atom stereocenters. The van der Waals surface area contributed by atoms with E-state index in [1.807, 2.05) is 6.07 Å². The summed E-state index contributed by atoms with van der Waals surface area (Å²) in [5.41, 5.74) is 0.186. The average molecular weight is 342 g/mol. The molecule has 1 heterocycles. The Morgan fingerprint density at radius 2 is 1.88 bits per heavy atom. The highest BCUT2D eigenvalue weighted by Crippen LogP contribution is 2.28. The number of phenols is 1. The second-order valence-electron chi connectivity index (χ2n) is 7.81. The number of rotatable bonds is 4. The van der Waals surface area contributed by atoms with Crippen LogP contribution in [0.4, 0.5) is 5.69 Å². The minimum atomic E-state index is -0.552. The van der Waals surface area contributed by atoms with Gasteiger partial charge in [-0.25, -0.2) is 0 Å². The highest BCUT2D eigenvalue weighted by molar-refractivity contribution is 6.07. The number of carbonyl (C=O) groups excluding carboxylic acids is 1. The number of nitriles is 1. The summed E-state index contributed by atoms with van der Waals surface area (Å²) >= 11 is 0. The third-order valence-electron chi connectivity index (χ3n) is 4.17. The molecule has 1 aliphatic heterocycles. The first-order valence-corrected chi connectivity index (χ1v) is 8.37. The van der Waals surface area contributed by atoms with Crippen molar-refractivity contribution in [3.8, 4) is 11.8 Å². The van der Waals surface area contributed by atoms with Gasteiger partial charge in [0.1, 0.15) is 17.4 Å². The molecule has 0 saturated carbocycles. The molecular weight excluding hydrogens is 316 g/mol. The minimum absolute atomic E-state index is 0.0296. The van der Waals surface area contributed by atoms with Crippen LogP contribution in [0.25, 0.3) is 0 Å². The SMILES string of the molecule is CC1(C)CC(N/C=C(/C#N)C(=O)Nc2ccccc2O)CC(C)(C)N1. The number of benzene rings is 1. The lowest BCUT2D eigenvalue weighted by Gasteiger charge is -2.46. The van der Waals surface area contributed by atoms with Crippen LogP contribution in [0.2, 0.25) is 0 Å². The van der Waals surface area contributed by atoms with Crippen LogP contribution in [-0.4, -0.2) is 28.1 Å². The molecule has 0 radical (unpaired) electrons. The number of nitrogens with one attached hydrogen (secondary N) is 3. The number of carbonyl (C=O) groups is 1. The van der Waals surface area contributed by atoms with Crippen LogP contribution in [0.5, 0.6) is 5.75 Å². The fraction of sp³-hybridized carbons (Fsp3) is 0.474. The van der Waals surface area contributed by atoms with Crippen molar-refractivity contribution in [2.24, 2.45) is 0 Å². The largest absolute Gasteiger partial charge is 0.506 e. The van der Waals surface area contributed by atoms with E-state index in [2.05, 4.69) is 43.6 Å². The van der Waals surface area contributed by atoms with Crippen molar-refractivity contribution in [2.75, 3.05) is 5.32 Å². The first-order chi connectivity index (χ1) is 11.6. The molecule has 0 aliphatic carbocycles. The first-order valence-electron chi connectivity index (χ1n) is 8.37. The predicted octanol–water partition coefficient (Wildman–Crippen LogP) is 2.64. The molecule has 6 heteroatoms. The lowest BCUT2D eigenvalue weighted by molar-refractivity contribution is -0.112. The summed E-state index contributed by atoms with van der Waals surface area (Å²) in [7, 11) is 0. The Kier molecular flexibility index (Phi) is 5.39. The molecule has 1 amide bonds. The molecule has 1 aliphatic rings. The van der Waals surface area contributed by atoms with Crippen LogP contribution >= 0.6 is 0 Å². The molecule has 25 heavy (non-hydrogen) atoms. The van der Waals surface area contributed by atoms with E-state index in [0.717, 1.165) is 12.8 Å². The molecule has 1 fully saturated rings. The summed E-state index contributed by atoms with van der Waals surface area (Å²) in [4.78, 5) is 12.3. The van der Waals surface area contributed by atoms with Gasteiger partial charge in [-0.1, -0.05) is 12.1 Å². The number of phenolic OH excluding ortho intramolecular Hbond substituents is 1. The van der Waals surface area contributed by atoms with Gasteiger partial charge in [0.15, 0.2) is 0 Å². The number of nitrogens with zero attached hydrogens (tertiary/aromatic N) is 1. The number of hydrogen-bond acceptors (Lipinski definition) is 5. The van der Waals surface area contributed by atoms with Crippen molar-refractivity contribution >= 4 is 11.6 Å². The van der Waals surface area contributed by atoms with Crippen molar-refractivity contribution < 1.29 is 9.90 Å². The lowest BCUT2D eigenvalue weighted by atomic mass is 9.80. The van der Waals surface area contributed by atoms with E-state index in [-0.39, 0.29) is 34.1 Å². The third kappa shape index (κ3) is 5.23. The molecule has 4 N–H and O–H groups in total. The fourth-order valence-corrected chi connectivity index (χ4v) is 3.56. The molecule has 0 aromatic heterocycles. The number of para-hydroxylation sites is 2. The van der Waals surface area contributed by atoms with Gasteiger partial charge in [-0.3, -0.25) is 4.79 Å². The monoisotopic (exact) mass is 342 g/mol. The standard InChI is InChI=1S/C19H26N4O2/c1-18(2)9-14(10-19(3,4)23-18)21-12-13(11-20)17(25)22-15-7-5-6-8-16(15)24/h5-8,12,14,21,23-24H,9-10H2,1-4H3,(H,22,25)/b13-12-. The molecule has 6 nitrogen and oxygen atoms in total. The molecule has 1 aromatic carbocycles. The lowest BCUT2D eigenvalue weighted by Crippen LogP contribution is -2.61. The van der Waals surface area contributed by atoms with E-state index in [1.54, 1.807) is 18.2 Å². The van der Waals surface area contributed by atoms with Crippen molar-refractivity contribution in [3.05, 3.63) is 36.0 Å². The zero-order valence-electron chi connectivity index (χ0n) is 15.2. The van der Waals surface area contributed by atoms with Crippen LogP contribution in [-0.2, 0) is 4.79 Å². The van der Waals surface area contributed by atoms with Crippen LogP contribution in [0.3, 0.4) is 0 Å². The summed E-state index contributed by atoms with van der Waals surface area (Å²) in [5, 5.41) is 28.4. The van der Waals surface area contributed by atoms with Crippen LogP contribution in [0, 0.1) is 11.3 Å². The maximum absolute atomic E-state index is 12.3. The van der Waals surface area contributed by atoms with Gasteiger partial charge in [-0.05, 0) is 52.7 Å². The maximum Gasteiger partial charge on any atom is 0.267 e. The smallest absolute Gasteiger partial charge is 0.267 e. The predicted molar refractivity (Wildman–Crippen MR) is 97.9 cm³/mol. The second-order valence-corrected chi connectivity index (χ2v) is 7.81. The van der Waals surface area contributed by atoms with E-state index in [9.17, 15) is 15.2 Å². The topological polar surface area (TPSA) is 97.2 Å². The molecule has 0 spiro atoms. The summed E-state index contributed by atoms with van der Waals surface area (Å²) in [6, 6.07) is 8.48. The highest BCUT2D eigenvalue weighted by atomic mass is 16.3. The molecular formula is C19H26N4O2. The van der Waals surface area contributed by atoms with E-state index in [1.165, 1.54) is 12.3 Å². The zero-order chi connectivity index (χ0) is 18.7. The van der Waals surface area contributed by atoms with Crippen LogP contribution in [0.1, 0.15) is 40.5 Å². The Labute approximate surface area is 148 Å². The Hall–Kier alpha value is -2.52. The molecule has 1 saturated heterocycles. The van der Waals surface area contributed by atoms with E-state index in [0.29, 0.717) is 0 Å². The van der Waals surface area contributed by atoms with Crippen molar-refractivity contribution in [1.29, 1.82) is 5.26 Å². The first kappa shape index (κ1) is 18.8. The maximum atomic E-state index is 12.3. The van der Waals surface area contributed by atoms with E-state index in [4.69, 9.17) is 0 Å². The highest BCUT2D eigenvalue weighted by Gasteiger charge is 2.37. The number of hydrogen-bond donors (Lipinski definition) is 4. The Morgan fingerprint density at radius 3 is 2.44 bits per heavy atom. The second kappa shape index (κ2) is 7.16. The Balaban J connectivity index is 2.06. The van der Waals surface area contributed by atoms with Gasteiger partial charge in [-0.2, -0.15) is 5.26 Å². The van der Waals surface area contributed by atoms with Gasteiger partial charge in [0.05, 0.1) is 5.69 Å². The Bertz CT molecular complexity index is 700. The summed E-state index contributed by atoms with van der Waals surface area (Å²) in [6.45, 7) is 8.57. The van der Waals surface area contributed by atoms with Crippen LogP contribution in [0.15, 0.2) is 36.0 Å². The normalized spacial score (nSPS) is 19.7.